The smallest absolute Gasteiger partial charge is 0.337 e. The Morgan fingerprint density at radius 1 is 1.50 bits per heavy atom. The van der Waals surface area contributed by atoms with Crippen LogP contribution in [0.5, 0.6) is 0 Å². The minimum atomic E-state index is -0.926. The van der Waals surface area contributed by atoms with Gasteiger partial charge in [0.1, 0.15) is 0 Å². The van der Waals surface area contributed by atoms with Crippen LogP contribution in [0.15, 0.2) is 17.5 Å². The van der Waals surface area contributed by atoms with E-state index < -0.39 is 5.97 Å². The summed E-state index contributed by atoms with van der Waals surface area (Å²) in [6.07, 6.45) is 0. The van der Waals surface area contributed by atoms with Gasteiger partial charge in [-0.15, -0.1) is 11.3 Å². The van der Waals surface area contributed by atoms with E-state index in [0.29, 0.717) is 16.6 Å². The number of carbonyl (C=O) groups is 1. The van der Waals surface area contributed by atoms with Crippen LogP contribution in [0.2, 0.25) is 0 Å². The summed E-state index contributed by atoms with van der Waals surface area (Å²) in [6, 6.07) is 3.78. The molecule has 0 fully saturated rings. The number of rotatable bonds is 1. The second-order valence-corrected chi connectivity index (χ2v) is 4.86. The van der Waals surface area contributed by atoms with Crippen molar-refractivity contribution in [1.82, 2.24) is 0 Å². The van der Waals surface area contributed by atoms with Crippen LogP contribution in [0.3, 0.4) is 0 Å². The van der Waals surface area contributed by atoms with Crippen molar-refractivity contribution in [2.45, 2.75) is 0 Å². The normalized spacial score (nSPS) is 10.6. The average molecular weight is 319 g/mol. The van der Waals surface area contributed by atoms with Crippen molar-refractivity contribution < 1.29 is 9.90 Å². The molecule has 14 heavy (non-hydrogen) atoms. The Morgan fingerprint density at radius 3 is 2.86 bits per heavy atom. The molecular formula is C9H6INO2S. The summed E-state index contributed by atoms with van der Waals surface area (Å²) >= 11 is 3.50. The van der Waals surface area contributed by atoms with E-state index in [1.54, 1.807) is 5.38 Å². The summed E-state index contributed by atoms with van der Waals surface area (Å²) < 4.78 is 1.80. The molecule has 0 atom stereocenters. The molecule has 0 aliphatic heterocycles. The zero-order valence-corrected chi connectivity index (χ0v) is 9.93. The highest BCUT2D eigenvalue weighted by atomic mass is 127. The Bertz CT molecular complexity index is 521. The van der Waals surface area contributed by atoms with Gasteiger partial charge >= 0.3 is 5.97 Å². The number of benzene rings is 1. The van der Waals surface area contributed by atoms with Crippen LogP contribution in [0.1, 0.15) is 10.4 Å². The first-order valence-corrected chi connectivity index (χ1v) is 5.75. The second kappa shape index (κ2) is 3.39. The Morgan fingerprint density at radius 2 is 2.21 bits per heavy atom. The molecule has 0 unspecified atom stereocenters. The number of anilines is 1. The molecule has 1 aromatic carbocycles. The second-order valence-electron chi connectivity index (χ2n) is 2.79. The number of nitrogen functional groups attached to an aromatic ring is 1. The van der Waals surface area contributed by atoms with Crippen LogP contribution in [0.25, 0.3) is 10.1 Å². The number of carboxylic acid groups (broad SMARTS) is 1. The number of hydrogen-bond donors (Lipinski definition) is 2. The first-order valence-electron chi connectivity index (χ1n) is 3.79. The highest BCUT2D eigenvalue weighted by Gasteiger charge is 2.14. The van der Waals surface area contributed by atoms with E-state index in [1.807, 2.05) is 12.1 Å². The summed E-state index contributed by atoms with van der Waals surface area (Å²) in [5, 5.41) is 11.2. The van der Waals surface area contributed by atoms with Crippen molar-refractivity contribution in [3.8, 4) is 0 Å². The number of thiophene rings is 1. The molecule has 0 saturated heterocycles. The topological polar surface area (TPSA) is 63.3 Å². The van der Waals surface area contributed by atoms with E-state index in [0.717, 1.165) is 8.27 Å². The Labute approximate surface area is 97.7 Å². The zero-order chi connectivity index (χ0) is 10.3. The van der Waals surface area contributed by atoms with Gasteiger partial charge in [0, 0.05) is 19.0 Å². The fourth-order valence-corrected chi connectivity index (χ4v) is 2.69. The quantitative estimate of drug-likeness (QED) is 0.627. The van der Waals surface area contributed by atoms with Crippen LogP contribution >= 0.6 is 33.9 Å². The molecule has 3 nitrogen and oxygen atoms in total. The van der Waals surface area contributed by atoms with Gasteiger partial charge in [0.25, 0.3) is 0 Å². The van der Waals surface area contributed by atoms with Gasteiger partial charge in [-0.2, -0.15) is 0 Å². The molecular weight excluding hydrogens is 313 g/mol. The maximum atomic E-state index is 10.9. The fourth-order valence-electron chi connectivity index (χ4n) is 1.29. The predicted molar refractivity (Wildman–Crippen MR) is 65.9 cm³/mol. The summed E-state index contributed by atoms with van der Waals surface area (Å²) in [6.45, 7) is 0. The number of carboxylic acids is 1. The monoisotopic (exact) mass is 319 g/mol. The third-order valence-electron chi connectivity index (χ3n) is 1.96. The number of halogens is 1. The number of fused-ring (bicyclic) bond motifs is 1. The highest BCUT2D eigenvalue weighted by molar-refractivity contribution is 14.1. The van der Waals surface area contributed by atoms with E-state index in [9.17, 15) is 4.79 Å². The van der Waals surface area contributed by atoms with Crippen molar-refractivity contribution >= 4 is 55.7 Å². The van der Waals surface area contributed by atoms with Gasteiger partial charge in [0.05, 0.1) is 11.3 Å². The molecule has 0 amide bonds. The van der Waals surface area contributed by atoms with E-state index >= 15 is 0 Å². The Kier molecular flexibility index (Phi) is 2.36. The molecule has 5 heteroatoms. The molecule has 2 rings (SSSR count). The molecule has 0 spiro atoms. The summed E-state index contributed by atoms with van der Waals surface area (Å²) in [7, 11) is 0. The van der Waals surface area contributed by atoms with E-state index in [4.69, 9.17) is 10.8 Å². The van der Waals surface area contributed by atoms with Crippen molar-refractivity contribution in [2.24, 2.45) is 0 Å². The van der Waals surface area contributed by atoms with E-state index in [1.165, 1.54) is 11.3 Å². The Balaban J connectivity index is 2.89. The average Bonchev–Trinajstić information content (AvgIpc) is 2.55. The molecule has 72 valence electrons. The van der Waals surface area contributed by atoms with Gasteiger partial charge in [-0.25, -0.2) is 4.79 Å². The van der Waals surface area contributed by atoms with Crippen molar-refractivity contribution in [1.29, 1.82) is 0 Å². The molecule has 0 aliphatic carbocycles. The van der Waals surface area contributed by atoms with Gasteiger partial charge in [-0.3, -0.25) is 0 Å². The Hall–Kier alpha value is -0.820. The van der Waals surface area contributed by atoms with Crippen LogP contribution in [0.4, 0.5) is 5.69 Å². The molecule has 0 saturated carbocycles. The number of hydrogen-bond acceptors (Lipinski definition) is 3. The standard InChI is InChI=1S/C9H6INO2S/c10-5-1-2-6-7(8(5)11)4(3-14-6)9(12)13/h1-3H,11H2,(H,12,13). The van der Waals surface area contributed by atoms with Crippen LogP contribution in [-0.4, -0.2) is 11.1 Å². The van der Waals surface area contributed by atoms with Gasteiger partial charge < -0.3 is 10.8 Å². The van der Waals surface area contributed by atoms with Crippen LogP contribution < -0.4 is 5.73 Å². The van der Waals surface area contributed by atoms with Crippen molar-refractivity contribution in [3.63, 3.8) is 0 Å². The molecule has 2 aromatic rings. The van der Waals surface area contributed by atoms with Gasteiger partial charge in [0.15, 0.2) is 0 Å². The summed E-state index contributed by atoms with van der Waals surface area (Å²) in [5.41, 5.74) is 6.69. The lowest BCUT2D eigenvalue weighted by Gasteiger charge is -2.00. The van der Waals surface area contributed by atoms with E-state index in [-0.39, 0.29) is 0 Å². The lowest BCUT2D eigenvalue weighted by molar-refractivity contribution is 0.0699. The lowest BCUT2D eigenvalue weighted by atomic mass is 10.1. The largest absolute Gasteiger partial charge is 0.478 e. The third-order valence-corrected chi connectivity index (χ3v) is 3.85. The van der Waals surface area contributed by atoms with Crippen molar-refractivity contribution in [3.05, 3.63) is 26.6 Å². The van der Waals surface area contributed by atoms with Crippen LogP contribution in [0, 0.1) is 3.57 Å². The minimum absolute atomic E-state index is 0.293. The van der Waals surface area contributed by atoms with Crippen LogP contribution in [-0.2, 0) is 0 Å². The molecule has 0 bridgehead atoms. The first-order chi connectivity index (χ1) is 6.61. The predicted octanol–water partition coefficient (Wildman–Crippen LogP) is 2.79. The van der Waals surface area contributed by atoms with E-state index in [2.05, 4.69) is 22.6 Å². The minimum Gasteiger partial charge on any atom is -0.478 e. The van der Waals surface area contributed by atoms with Crippen molar-refractivity contribution in [2.75, 3.05) is 5.73 Å². The molecule has 0 aliphatic rings. The van der Waals surface area contributed by atoms with Gasteiger partial charge in [-0.05, 0) is 34.7 Å². The maximum Gasteiger partial charge on any atom is 0.337 e. The lowest BCUT2D eigenvalue weighted by Crippen LogP contribution is -1.97. The third kappa shape index (κ3) is 1.36. The molecule has 1 aromatic heterocycles. The summed E-state index contributed by atoms with van der Waals surface area (Å²) in [5.74, 6) is -0.926. The zero-order valence-electron chi connectivity index (χ0n) is 6.95. The molecule has 3 N–H and O–H groups in total. The van der Waals surface area contributed by atoms with Gasteiger partial charge in [-0.1, -0.05) is 0 Å². The number of nitrogens with two attached hydrogens (primary N) is 1. The molecule has 0 radical (unpaired) electrons. The first kappa shape index (κ1) is 9.72. The molecule has 1 heterocycles. The SMILES string of the molecule is Nc1c(I)ccc2scc(C(=O)O)c12. The highest BCUT2D eigenvalue weighted by Crippen LogP contribution is 2.33. The summed E-state index contributed by atoms with van der Waals surface area (Å²) in [4.78, 5) is 10.9. The number of aromatic carboxylic acids is 1. The maximum absolute atomic E-state index is 10.9. The van der Waals surface area contributed by atoms with Gasteiger partial charge in [0.2, 0.25) is 0 Å². The fraction of sp³-hybridized carbons (Fsp3) is 0.